The summed E-state index contributed by atoms with van der Waals surface area (Å²) < 4.78 is 0. The minimum absolute atomic E-state index is 0.371. The predicted octanol–water partition coefficient (Wildman–Crippen LogP) is 1.88. The van der Waals surface area contributed by atoms with Crippen LogP contribution in [0.3, 0.4) is 0 Å². The predicted molar refractivity (Wildman–Crippen MR) is 71.3 cm³/mol. The summed E-state index contributed by atoms with van der Waals surface area (Å²) in [6, 6.07) is 5.56. The zero-order chi connectivity index (χ0) is 13.1. The van der Waals surface area contributed by atoms with Crippen LogP contribution in [0.15, 0.2) is 18.2 Å². The van der Waals surface area contributed by atoms with Crippen molar-refractivity contribution < 1.29 is 9.90 Å². The van der Waals surface area contributed by atoms with Crippen LogP contribution in [-0.2, 0) is 17.8 Å². The Balaban J connectivity index is 2.17. The van der Waals surface area contributed by atoms with Crippen LogP contribution in [0, 0.1) is 0 Å². The summed E-state index contributed by atoms with van der Waals surface area (Å²) in [4.78, 5) is 13.4. The average Bonchev–Trinajstić information content (AvgIpc) is 2.34. The van der Waals surface area contributed by atoms with Gasteiger partial charge in [-0.3, -0.25) is 9.69 Å². The standard InChI is InChI=1S/C14H20N2O2/c1-2-3-13(14(17)18)16-7-6-10-4-5-12(15)8-11(10)9-16/h4-5,8,13H,2-3,6-7,9,15H2,1H3,(H,17,18). The van der Waals surface area contributed by atoms with Crippen LogP contribution in [0.2, 0.25) is 0 Å². The number of rotatable bonds is 4. The lowest BCUT2D eigenvalue weighted by molar-refractivity contribution is -0.144. The maximum absolute atomic E-state index is 11.3. The van der Waals surface area contributed by atoms with Gasteiger partial charge in [-0.25, -0.2) is 0 Å². The normalized spacial score (nSPS) is 17.2. The topological polar surface area (TPSA) is 66.6 Å². The quantitative estimate of drug-likeness (QED) is 0.798. The minimum Gasteiger partial charge on any atom is -0.480 e. The molecular weight excluding hydrogens is 228 g/mol. The van der Waals surface area contributed by atoms with Gasteiger partial charge in [-0.2, -0.15) is 0 Å². The molecule has 18 heavy (non-hydrogen) atoms. The lowest BCUT2D eigenvalue weighted by Gasteiger charge is -2.33. The number of hydrogen-bond acceptors (Lipinski definition) is 3. The highest BCUT2D eigenvalue weighted by Gasteiger charge is 2.27. The zero-order valence-electron chi connectivity index (χ0n) is 10.7. The van der Waals surface area contributed by atoms with E-state index in [4.69, 9.17) is 5.73 Å². The zero-order valence-corrected chi connectivity index (χ0v) is 10.7. The molecule has 1 aromatic carbocycles. The van der Waals surface area contributed by atoms with Crippen LogP contribution in [0.1, 0.15) is 30.9 Å². The number of carboxylic acid groups (broad SMARTS) is 1. The van der Waals surface area contributed by atoms with Crippen molar-refractivity contribution in [2.75, 3.05) is 12.3 Å². The van der Waals surface area contributed by atoms with E-state index in [1.165, 1.54) is 11.1 Å². The third-order valence-electron chi connectivity index (χ3n) is 3.56. The third kappa shape index (κ3) is 2.64. The van der Waals surface area contributed by atoms with Crippen molar-refractivity contribution in [1.82, 2.24) is 4.90 Å². The molecule has 4 heteroatoms. The summed E-state index contributed by atoms with van der Waals surface area (Å²) in [6.45, 7) is 3.52. The largest absolute Gasteiger partial charge is 0.480 e. The van der Waals surface area contributed by atoms with Crippen molar-refractivity contribution in [2.24, 2.45) is 0 Å². The van der Waals surface area contributed by atoms with Crippen LogP contribution in [0.25, 0.3) is 0 Å². The molecule has 0 radical (unpaired) electrons. The number of fused-ring (bicyclic) bond motifs is 1. The van der Waals surface area contributed by atoms with Gasteiger partial charge in [-0.05, 0) is 36.1 Å². The molecule has 0 aromatic heterocycles. The fraction of sp³-hybridized carbons (Fsp3) is 0.500. The molecule has 1 aliphatic rings. The highest BCUT2D eigenvalue weighted by atomic mass is 16.4. The molecule has 0 fully saturated rings. The first-order valence-corrected chi connectivity index (χ1v) is 6.46. The summed E-state index contributed by atoms with van der Waals surface area (Å²) in [5.74, 6) is -0.718. The van der Waals surface area contributed by atoms with Crippen molar-refractivity contribution in [1.29, 1.82) is 0 Å². The van der Waals surface area contributed by atoms with Crippen molar-refractivity contribution in [2.45, 2.75) is 38.8 Å². The van der Waals surface area contributed by atoms with Gasteiger partial charge in [0.1, 0.15) is 6.04 Å². The van der Waals surface area contributed by atoms with Gasteiger partial charge in [0.2, 0.25) is 0 Å². The number of benzene rings is 1. The molecule has 1 aromatic rings. The molecule has 1 heterocycles. The monoisotopic (exact) mass is 248 g/mol. The van der Waals surface area contributed by atoms with Gasteiger partial charge >= 0.3 is 5.97 Å². The smallest absolute Gasteiger partial charge is 0.320 e. The molecule has 0 bridgehead atoms. The average molecular weight is 248 g/mol. The maximum atomic E-state index is 11.3. The number of aliphatic carboxylic acids is 1. The molecule has 0 saturated heterocycles. The van der Waals surface area contributed by atoms with Crippen molar-refractivity contribution in [3.8, 4) is 0 Å². The molecule has 0 spiro atoms. The van der Waals surface area contributed by atoms with Gasteiger partial charge in [-0.15, -0.1) is 0 Å². The second kappa shape index (κ2) is 5.40. The summed E-state index contributed by atoms with van der Waals surface area (Å²) in [5.41, 5.74) is 9.00. The first kappa shape index (κ1) is 12.9. The summed E-state index contributed by atoms with van der Waals surface area (Å²) in [5, 5.41) is 9.29. The Hall–Kier alpha value is -1.55. The fourth-order valence-electron chi connectivity index (χ4n) is 2.60. The Morgan fingerprint density at radius 1 is 1.50 bits per heavy atom. The molecule has 4 nitrogen and oxygen atoms in total. The number of nitrogen functional groups attached to an aromatic ring is 1. The van der Waals surface area contributed by atoms with Gasteiger partial charge in [0.25, 0.3) is 0 Å². The van der Waals surface area contributed by atoms with Crippen molar-refractivity contribution in [3.05, 3.63) is 29.3 Å². The van der Waals surface area contributed by atoms with E-state index in [1.54, 1.807) is 0 Å². The van der Waals surface area contributed by atoms with Crippen LogP contribution in [-0.4, -0.2) is 28.6 Å². The van der Waals surface area contributed by atoms with Crippen LogP contribution in [0.4, 0.5) is 5.69 Å². The van der Waals surface area contributed by atoms with E-state index in [9.17, 15) is 9.90 Å². The molecular formula is C14H20N2O2. The second-order valence-electron chi connectivity index (χ2n) is 4.89. The van der Waals surface area contributed by atoms with Gasteiger partial charge < -0.3 is 10.8 Å². The third-order valence-corrected chi connectivity index (χ3v) is 3.56. The van der Waals surface area contributed by atoms with E-state index in [2.05, 4.69) is 6.07 Å². The van der Waals surface area contributed by atoms with Crippen LogP contribution < -0.4 is 5.73 Å². The van der Waals surface area contributed by atoms with Crippen LogP contribution >= 0.6 is 0 Å². The van der Waals surface area contributed by atoms with Crippen molar-refractivity contribution >= 4 is 11.7 Å². The highest BCUT2D eigenvalue weighted by Crippen LogP contribution is 2.24. The molecule has 3 N–H and O–H groups in total. The Morgan fingerprint density at radius 2 is 2.28 bits per heavy atom. The molecule has 1 aliphatic heterocycles. The molecule has 0 amide bonds. The molecule has 0 aliphatic carbocycles. The lowest BCUT2D eigenvalue weighted by Crippen LogP contribution is -2.43. The minimum atomic E-state index is -0.718. The summed E-state index contributed by atoms with van der Waals surface area (Å²) in [7, 11) is 0. The Labute approximate surface area is 107 Å². The SMILES string of the molecule is CCCC(C(=O)O)N1CCc2ccc(N)cc2C1. The van der Waals surface area contributed by atoms with Gasteiger partial charge in [0.05, 0.1) is 0 Å². The first-order chi connectivity index (χ1) is 8.61. The number of hydrogen-bond donors (Lipinski definition) is 2. The van der Waals surface area contributed by atoms with Crippen molar-refractivity contribution in [3.63, 3.8) is 0 Å². The molecule has 1 atom stereocenters. The Morgan fingerprint density at radius 3 is 2.94 bits per heavy atom. The van der Waals surface area contributed by atoms with Crippen LogP contribution in [0.5, 0.6) is 0 Å². The Bertz CT molecular complexity index is 445. The van der Waals surface area contributed by atoms with Gasteiger partial charge in [-0.1, -0.05) is 19.4 Å². The molecule has 98 valence electrons. The van der Waals surface area contributed by atoms with Gasteiger partial charge in [0, 0.05) is 18.8 Å². The maximum Gasteiger partial charge on any atom is 0.320 e. The van der Waals surface area contributed by atoms with E-state index in [-0.39, 0.29) is 6.04 Å². The number of nitrogens with zero attached hydrogens (tertiary/aromatic N) is 1. The molecule has 0 saturated carbocycles. The number of anilines is 1. The van der Waals surface area contributed by atoms with E-state index in [0.717, 1.165) is 25.1 Å². The van der Waals surface area contributed by atoms with E-state index < -0.39 is 5.97 Å². The van der Waals surface area contributed by atoms with E-state index in [1.807, 2.05) is 24.0 Å². The first-order valence-electron chi connectivity index (χ1n) is 6.46. The van der Waals surface area contributed by atoms with Gasteiger partial charge in [0.15, 0.2) is 0 Å². The molecule has 1 unspecified atom stereocenters. The number of carboxylic acids is 1. The van der Waals surface area contributed by atoms with E-state index in [0.29, 0.717) is 13.0 Å². The second-order valence-corrected chi connectivity index (χ2v) is 4.89. The number of carbonyl (C=O) groups is 1. The lowest BCUT2D eigenvalue weighted by atomic mass is 9.97. The molecule has 2 rings (SSSR count). The highest BCUT2D eigenvalue weighted by molar-refractivity contribution is 5.73. The summed E-state index contributed by atoms with van der Waals surface area (Å²) >= 11 is 0. The fourth-order valence-corrected chi connectivity index (χ4v) is 2.60. The summed E-state index contributed by atoms with van der Waals surface area (Å²) in [6.07, 6.45) is 2.49. The number of nitrogens with two attached hydrogens (primary N) is 1. The Kier molecular flexibility index (Phi) is 3.87. The van der Waals surface area contributed by atoms with E-state index >= 15 is 0 Å².